The van der Waals surface area contributed by atoms with Gasteiger partial charge >= 0.3 is 5.97 Å². The van der Waals surface area contributed by atoms with Crippen molar-refractivity contribution in [2.45, 2.75) is 39.0 Å². The number of halogens is 2. The Hall–Kier alpha value is -4.59. The number of aromatic carboxylic acids is 1. The monoisotopic (exact) mass is 623 g/mol. The molecule has 5 rings (SSSR count). The Morgan fingerprint density at radius 3 is 2.51 bits per heavy atom. The summed E-state index contributed by atoms with van der Waals surface area (Å²) in [5, 5.41) is 16.8. The number of amides is 2. The normalized spacial score (nSPS) is 16.6. The third-order valence-corrected chi connectivity index (χ3v) is 7.15. The highest BCUT2D eigenvalue weighted by molar-refractivity contribution is 9.10. The number of likely N-dealkylation sites (tertiary alicyclic amines) is 1. The summed E-state index contributed by atoms with van der Waals surface area (Å²) in [5.41, 5.74) is 1.86. The van der Waals surface area contributed by atoms with Crippen LogP contribution in [0.4, 0.5) is 10.1 Å². The minimum absolute atomic E-state index is 0.0435. The molecule has 3 aromatic heterocycles. The highest BCUT2D eigenvalue weighted by Gasteiger charge is 2.40. The number of aromatic nitrogens is 5. The summed E-state index contributed by atoms with van der Waals surface area (Å²) in [4.78, 5) is 63.9. The van der Waals surface area contributed by atoms with E-state index in [1.807, 2.05) is 0 Å². The summed E-state index contributed by atoms with van der Waals surface area (Å²) >= 11 is 3.13. The van der Waals surface area contributed by atoms with Crippen LogP contribution in [-0.2, 0) is 16.1 Å². The molecule has 2 amide bonds. The van der Waals surface area contributed by atoms with E-state index in [4.69, 9.17) is 0 Å². The van der Waals surface area contributed by atoms with Gasteiger partial charge in [-0.05, 0) is 46.6 Å². The van der Waals surface area contributed by atoms with E-state index in [0.29, 0.717) is 16.7 Å². The summed E-state index contributed by atoms with van der Waals surface area (Å²) in [6, 6.07) is 5.40. The number of aryl methyl sites for hydroxylation is 1. The maximum Gasteiger partial charge on any atom is 0.339 e. The van der Waals surface area contributed by atoms with Gasteiger partial charge in [0.25, 0.3) is 0 Å². The van der Waals surface area contributed by atoms with Gasteiger partial charge < -0.3 is 15.3 Å². The lowest BCUT2D eigenvalue weighted by molar-refractivity contribution is -0.137. The topological polar surface area (TPSA) is 160 Å². The standard InChI is InChI=1S/C27H23BrFN7O5/c1-13(37)25-18-5-15(16-8-30-14(2)31-9-16)3-4-21(18)36(34-25)12-24(38)35-11-17(29)6-22(35)26(39)33-20-7-23(28)32-10-19(20)27(40)41/h3-5,7-10,17,22H,6,11-12H2,1-2H3,(H,40,41)(H,32,33,39)/t17-,22+/m1/s1. The quantitative estimate of drug-likeness (QED) is 0.232. The second-order valence-corrected chi connectivity index (χ2v) is 10.4. The van der Waals surface area contributed by atoms with Crippen LogP contribution in [-0.4, -0.2) is 77.1 Å². The number of fused-ring (bicyclic) bond motifs is 1. The first-order valence-corrected chi connectivity index (χ1v) is 13.2. The fourth-order valence-corrected chi connectivity index (χ4v) is 5.06. The van der Waals surface area contributed by atoms with Gasteiger partial charge in [0.15, 0.2) is 5.78 Å². The number of benzene rings is 1. The van der Waals surface area contributed by atoms with Crippen LogP contribution < -0.4 is 5.32 Å². The van der Waals surface area contributed by atoms with E-state index in [0.717, 1.165) is 22.2 Å². The molecule has 0 bridgehead atoms. The second-order valence-electron chi connectivity index (χ2n) is 9.56. The number of rotatable bonds is 7. The lowest BCUT2D eigenvalue weighted by Crippen LogP contribution is -2.44. The van der Waals surface area contributed by atoms with Gasteiger partial charge in [-0.25, -0.2) is 24.1 Å². The number of hydrogen-bond donors (Lipinski definition) is 2. The molecule has 1 fully saturated rings. The van der Waals surface area contributed by atoms with Crippen molar-refractivity contribution in [3.63, 3.8) is 0 Å². The van der Waals surface area contributed by atoms with Gasteiger partial charge in [0.2, 0.25) is 11.8 Å². The molecule has 0 saturated carbocycles. The number of ketones is 1. The molecule has 0 aliphatic carbocycles. The fourth-order valence-electron chi connectivity index (χ4n) is 4.73. The maximum absolute atomic E-state index is 14.5. The molecular weight excluding hydrogens is 601 g/mol. The van der Waals surface area contributed by atoms with Gasteiger partial charge in [-0.1, -0.05) is 6.07 Å². The van der Waals surface area contributed by atoms with E-state index in [1.165, 1.54) is 17.7 Å². The molecule has 1 aliphatic rings. The van der Waals surface area contributed by atoms with Crippen molar-refractivity contribution in [3.8, 4) is 11.1 Å². The van der Waals surface area contributed by atoms with Gasteiger partial charge in [0.05, 0.1) is 17.7 Å². The molecule has 4 heterocycles. The molecule has 14 heteroatoms. The van der Waals surface area contributed by atoms with Crippen molar-refractivity contribution in [2.75, 3.05) is 11.9 Å². The van der Waals surface area contributed by atoms with Gasteiger partial charge in [-0.2, -0.15) is 5.10 Å². The minimum atomic E-state index is -1.46. The number of pyridine rings is 1. The number of nitrogens with zero attached hydrogens (tertiary/aromatic N) is 6. The summed E-state index contributed by atoms with van der Waals surface area (Å²) in [6.45, 7) is 2.47. The molecule has 1 aromatic carbocycles. The van der Waals surface area contributed by atoms with Crippen LogP contribution in [0.25, 0.3) is 22.0 Å². The number of anilines is 1. The molecule has 1 saturated heterocycles. The van der Waals surface area contributed by atoms with Crippen LogP contribution in [0.5, 0.6) is 0 Å². The fraction of sp³-hybridized carbons (Fsp3) is 0.259. The Morgan fingerprint density at radius 2 is 1.83 bits per heavy atom. The molecule has 12 nitrogen and oxygen atoms in total. The van der Waals surface area contributed by atoms with Gasteiger partial charge in [-0.3, -0.25) is 19.1 Å². The maximum atomic E-state index is 14.5. The Bertz CT molecular complexity index is 1710. The van der Waals surface area contributed by atoms with Gasteiger partial charge in [0, 0.05) is 42.9 Å². The summed E-state index contributed by atoms with van der Waals surface area (Å²) in [6.07, 6.45) is 2.69. The number of carboxylic acids is 1. The number of hydrogen-bond acceptors (Lipinski definition) is 8. The first kappa shape index (κ1) is 28.0. The third-order valence-electron chi connectivity index (χ3n) is 6.72. The van der Waals surface area contributed by atoms with Gasteiger partial charge in [0.1, 0.15) is 40.4 Å². The number of alkyl halides is 1. The predicted octanol–water partition coefficient (Wildman–Crippen LogP) is 3.44. The number of carbonyl (C=O) groups excluding carboxylic acids is 3. The van der Waals surface area contributed by atoms with Crippen molar-refractivity contribution < 1.29 is 28.7 Å². The Morgan fingerprint density at radius 1 is 1.10 bits per heavy atom. The van der Waals surface area contributed by atoms with E-state index in [1.54, 1.807) is 37.5 Å². The Labute approximate surface area is 240 Å². The van der Waals surface area contributed by atoms with Crippen LogP contribution in [0.2, 0.25) is 0 Å². The average molecular weight is 624 g/mol. The van der Waals surface area contributed by atoms with E-state index in [9.17, 15) is 28.7 Å². The lowest BCUT2D eigenvalue weighted by Gasteiger charge is -2.24. The molecule has 1 aliphatic heterocycles. The van der Waals surface area contributed by atoms with Crippen LogP contribution in [0, 0.1) is 6.92 Å². The van der Waals surface area contributed by atoms with Crippen LogP contribution in [0.1, 0.15) is 40.0 Å². The minimum Gasteiger partial charge on any atom is -0.478 e. The zero-order valence-corrected chi connectivity index (χ0v) is 23.4. The van der Waals surface area contributed by atoms with E-state index >= 15 is 0 Å². The zero-order chi connectivity index (χ0) is 29.4. The Kier molecular flexibility index (Phi) is 7.58. The van der Waals surface area contributed by atoms with Crippen molar-refractivity contribution >= 4 is 56.1 Å². The highest BCUT2D eigenvalue weighted by atomic mass is 79.9. The third kappa shape index (κ3) is 5.68. The summed E-state index contributed by atoms with van der Waals surface area (Å²) in [7, 11) is 0. The Balaban J connectivity index is 1.41. The predicted molar refractivity (Wildman–Crippen MR) is 148 cm³/mol. The van der Waals surface area contributed by atoms with Crippen molar-refractivity contribution in [1.82, 2.24) is 29.6 Å². The van der Waals surface area contributed by atoms with Crippen molar-refractivity contribution in [2.24, 2.45) is 0 Å². The molecule has 210 valence electrons. The molecule has 0 spiro atoms. The smallest absolute Gasteiger partial charge is 0.339 e. The molecular formula is C27H23BrFN7O5. The summed E-state index contributed by atoms with van der Waals surface area (Å²) < 4.78 is 16.2. The number of nitrogens with one attached hydrogen (secondary N) is 1. The molecule has 2 atom stereocenters. The molecule has 41 heavy (non-hydrogen) atoms. The first-order valence-electron chi connectivity index (χ1n) is 12.5. The van der Waals surface area contributed by atoms with Crippen LogP contribution in [0.3, 0.4) is 0 Å². The second kappa shape index (κ2) is 11.1. The zero-order valence-electron chi connectivity index (χ0n) is 21.8. The molecule has 0 unspecified atom stereocenters. The SMILES string of the molecule is CC(=O)c1nn(CC(=O)N2C[C@H](F)C[C@H]2C(=O)Nc2cc(Br)ncc2C(=O)O)c2ccc(-c3cnc(C)nc3)cc12. The van der Waals surface area contributed by atoms with E-state index in [2.05, 4.69) is 41.3 Å². The molecule has 2 N–H and O–H groups in total. The highest BCUT2D eigenvalue weighted by Crippen LogP contribution is 2.28. The van der Waals surface area contributed by atoms with Gasteiger partial charge in [-0.15, -0.1) is 0 Å². The largest absolute Gasteiger partial charge is 0.478 e. The number of carbonyl (C=O) groups is 4. The van der Waals surface area contributed by atoms with Crippen molar-refractivity contribution in [3.05, 3.63) is 64.5 Å². The lowest BCUT2D eigenvalue weighted by atomic mass is 10.0. The van der Waals surface area contributed by atoms with Crippen molar-refractivity contribution in [1.29, 1.82) is 0 Å². The average Bonchev–Trinajstić information content (AvgIpc) is 3.49. The van der Waals surface area contributed by atoms with Crippen LogP contribution in [0.15, 0.2) is 47.5 Å². The first-order chi connectivity index (χ1) is 19.5. The number of Topliss-reactive ketones (excluding diaryl/α,β-unsaturated/α-hetero) is 1. The van der Waals surface area contributed by atoms with E-state index < -0.39 is 30.0 Å². The number of carboxylic acid groups (broad SMARTS) is 1. The molecule has 0 radical (unpaired) electrons. The van der Waals surface area contributed by atoms with E-state index in [-0.39, 0.29) is 46.8 Å². The molecule has 4 aromatic rings. The summed E-state index contributed by atoms with van der Waals surface area (Å²) in [5.74, 6) is -2.33. The van der Waals surface area contributed by atoms with Crippen LogP contribution >= 0.6 is 15.9 Å².